The summed E-state index contributed by atoms with van der Waals surface area (Å²) in [6.45, 7) is 2.56. The molecule has 4 nitrogen and oxygen atoms in total. The molecule has 0 aliphatic carbocycles. The van der Waals surface area contributed by atoms with Crippen molar-refractivity contribution in [1.82, 2.24) is 19.3 Å². The van der Waals surface area contributed by atoms with Crippen LogP contribution in [-0.4, -0.2) is 19.3 Å². The van der Waals surface area contributed by atoms with E-state index < -0.39 is 0 Å². The molecule has 3 aromatic rings. The fourth-order valence-corrected chi connectivity index (χ4v) is 2.63. The lowest BCUT2D eigenvalue weighted by molar-refractivity contribution is 0.689. The van der Waals surface area contributed by atoms with Crippen LogP contribution in [0.15, 0.2) is 30.5 Å². The van der Waals surface area contributed by atoms with E-state index in [1.807, 2.05) is 44.4 Å². The van der Waals surface area contributed by atoms with E-state index in [1.54, 1.807) is 4.68 Å². The quantitative estimate of drug-likeness (QED) is 0.690. The molecule has 104 valence electrons. The average Bonchev–Trinajstić information content (AvgIpc) is 2.94. The normalized spacial score (nSPS) is 13.0. The van der Waals surface area contributed by atoms with Gasteiger partial charge in [-0.15, -0.1) is 11.6 Å². The molecule has 1 atom stereocenters. The Morgan fingerprint density at radius 3 is 2.75 bits per heavy atom. The third-order valence-electron chi connectivity index (χ3n) is 3.18. The van der Waals surface area contributed by atoms with Crippen molar-refractivity contribution in [2.75, 3.05) is 0 Å². The van der Waals surface area contributed by atoms with Crippen molar-refractivity contribution in [3.8, 4) is 0 Å². The standard InChI is InChI=1S/C14H14Cl2N4/c1-9(15)14-17-12-7-10(16)3-4-13(12)20(14)8-11-5-6-19(2)18-11/h3-7,9H,8H2,1-2H3. The number of rotatable bonds is 3. The van der Waals surface area contributed by atoms with Crippen LogP contribution in [0.3, 0.4) is 0 Å². The van der Waals surface area contributed by atoms with Crippen molar-refractivity contribution >= 4 is 34.2 Å². The smallest absolute Gasteiger partial charge is 0.128 e. The first kappa shape index (κ1) is 13.5. The molecule has 20 heavy (non-hydrogen) atoms. The monoisotopic (exact) mass is 308 g/mol. The van der Waals surface area contributed by atoms with Gasteiger partial charge < -0.3 is 4.57 Å². The number of hydrogen-bond donors (Lipinski definition) is 0. The van der Waals surface area contributed by atoms with E-state index >= 15 is 0 Å². The molecule has 2 aromatic heterocycles. The van der Waals surface area contributed by atoms with E-state index in [2.05, 4.69) is 14.6 Å². The van der Waals surface area contributed by atoms with Gasteiger partial charge in [0.25, 0.3) is 0 Å². The predicted octanol–water partition coefficient (Wildman–Crippen LogP) is 3.77. The molecule has 1 unspecified atom stereocenters. The van der Waals surface area contributed by atoms with Gasteiger partial charge in [0.05, 0.1) is 28.6 Å². The third kappa shape index (κ3) is 2.41. The molecule has 0 radical (unpaired) electrons. The van der Waals surface area contributed by atoms with Crippen molar-refractivity contribution in [1.29, 1.82) is 0 Å². The van der Waals surface area contributed by atoms with Gasteiger partial charge in [-0.3, -0.25) is 4.68 Å². The number of halogens is 2. The summed E-state index contributed by atoms with van der Waals surface area (Å²) in [6, 6.07) is 7.68. The minimum Gasteiger partial charge on any atom is -0.321 e. The predicted molar refractivity (Wildman–Crippen MR) is 81.3 cm³/mol. The second-order valence-electron chi connectivity index (χ2n) is 4.79. The summed E-state index contributed by atoms with van der Waals surface area (Å²) in [5, 5.41) is 4.91. The van der Waals surface area contributed by atoms with Gasteiger partial charge in [0, 0.05) is 18.3 Å². The van der Waals surface area contributed by atoms with Crippen LogP contribution in [0.25, 0.3) is 11.0 Å². The molecular weight excluding hydrogens is 295 g/mol. The van der Waals surface area contributed by atoms with E-state index in [0.717, 1.165) is 22.6 Å². The number of fused-ring (bicyclic) bond motifs is 1. The van der Waals surface area contributed by atoms with Gasteiger partial charge in [0.15, 0.2) is 0 Å². The Morgan fingerprint density at radius 2 is 2.10 bits per heavy atom. The Kier molecular flexibility index (Phi) is 3.44. The topological polar surface area (TPSA) is 35.6 Å². The van der Waals surface area contributed by atoms with Crippen LogP contribution in [0.2, 0.25) is 5.02 Å². The zero-order valence-corrected chi connectivity index (χ0v) is 12.7. The van der Waals surface area contributed by atoms with Crippen molar-refractivity contribution in [3.05, 3.63) is 47.0 Å². The van der Waals surface area contributed by atoms with Gasteiger partial charge in [0.1, 0.15) is 5.82 Å². The minimum absolute atomic E-state index is 0.176. The number of hydrogen-bond acceptors (Lipinski definition) is 2. The van der Waals surface area contributed by atoms with Crippen molar-refractivity contribution in [2.24, 2.45) is 7.05 Å². The number of aromatic nitrogens is 4. The lowest BCUT2D eigenvalue weighted by atomic mass is 10.3. The molecule has 0 spiro atoms. The first-order valence-corrected chi connectivity index (χ1v) is 7.14. The average molecular weight is 309 g/mol. The first-order valence-electron chi connectivity index (χ1n) is 6.33. The zero-order chi connectivity index (χ0) is 14.3. The number of nitrogens with zero attached hydrogens (tertiary/aromatic N) is 4. The van der Waals surface area contributed by atoms with Gasteiger partial charge in [0.2, 0.25) is 0 Å². The Bertz CT molecular complexity index is 758. The summed E-state index contributed by atoms with van der Waals surface area (Å²) in [6.07, 6.45) is 1.93. The van der Waals surface area contributed by atoms with Crippen LogP contribution < -0.4 is 0 Å². The maximum absolute atomic E-state index is 6.25. The summed E-state index contributed by atoms with van der Waals surface area (Å²) in [7, 11) is 1.90. The van der Waals surface area contributed by atoms with Gasteiger partial charge in [-0.2, -0.15) is 5.10 Å². The number of imidazole rings is 1. The highest BCUT2D eigenvalue weighted by molar-refractivity contribution is 6.31. The molecule has 2 heterocycles. The van der Waals surface area contributed by atoms with Crippen LogP contribution in [0.5, 0.6) is 0 Å². The van der Waals surface area contributed by atoms with E-state index in [9.17, 15) is 0 Å². The summed E-state index contributed by atoms with van der Waals surface area (Å²) in [5.74, 6) is 0.828. The molecule has 0 N–H and O–H groups in total. The van der Waals surface area contributed by atoms with Crippen LogP contribution in [0.4, 0.5) is 0 Å². The Labute approximate surface area is 126 Å². The van der Waals surface area contributed by atoms with E-state index in [-0.39, 0.29) is 5.38 Å². The summed E-state index contributed by atoms with van der Waals surface area (Å²) < 4.78 is 3.88. The van der Waals surface area contributed by atoms with Gasteiger partial charge in [-0.1, -0.05) is 11.6 Å². The van der Waals surface area contributed by atoms with Crippen molar-refractivity contribution < 1.29 is 0 Å². The summed E-state index contributed by atoms with van der Waals surface area (Å²) >= 11 is 12.3. The first-order chi connectivity index (χ1) is 9.54. The Balaban J connectivity index is 2.13. The van der Waals surface area contributed by atoms with Gasteiger partial charge in [-0.25, -0.2) is 4.98 Å². The van der Waals surface area contributed by atoms with E-state index in [4.69, 9.17) is 23.2 Å². The Hall–Kier alpha value is -1.52. The van der Waals surface area contributed by atoms with Crippen molar-refractivity contribution in [2.45, 2.75) is 18.8 Å². The maximum Gasteiger partial charge on any atom is 0.128 e. The van der Waals surface area contributed by atoms with E-state index in [1.165, 1.54) is 0 Å². The van der Waals surface area contributed by atoms with Crippen LogP contribution in [0, 0.1) is 0 Å². The molecule has 0 saturated heterocycles. The third-order valence-corrected chi connectivity index (χ3v) is 3.61. The number of aryl methyl sites for hydroxylation is 1. The number of benzene rings is 1. The highest BCUT2D eigenvalue weighted by Crippen LogP contribution is 2.27. The molecule has 0 aliphatic heterocycles. The highest BCUT2D eigenvalue weighted by Gasteiger charge is 2.16. The minimum atomic E-state index is -0.176. The maximum atomic E-state index is 6.25. The summed E-state index contributed by atoms with van der Waals surface area (Å²) in [4.78, 5) is 4.59. The molecule has 6 heteroatoms. The largest absolute Gasteiger partial charge is 0.321 e. The van der Waals surface area contributed by atoms with Crippen LogP contribution in [-0.2, 0) is 13.6 Å². The number of alkyl halides is 1. The van der Waals surface area contributed by atoms with Crippen LogP contribution in [0.1, 0.15) is 23.8 Å². The molecule has 1 aromatic carbocycles. The fraction of sp³-hybridized carbons (Fsp3) is 0.286. The highest BCUT2D eigenvalue weighted by atomic mass is 35.5. The zero-order valence-electron chi connectivity index (χ0n) is 11.2. The van der Waals surface area contributed by atoms with E-state index in [0.29, 0.717) is 11.6 Å². The fourth-order valence-electron chi connectivity index (χ4n) is 2.30. The van der Waals surface area contributed by atoms with Crippen molar-refractivity contribution in [3.63, 3.8) is 0 Å². The van der Waals surface area contributed by atoms with Gasteiger partial charge in [-0.05, 0) is 31.2 Å². The molecular formula is C14H14Cl2N4. The molecule has 0 aliphatic rings. The van der Waals surface area contributed by atoms with Crippen LogP contribution >= 0.6 is 23.2 Å². The molecule has 0 saturated carbocycles. The van der Waals surface area contributed by atoms with Gasteiger partial charge >= 0.3 is 0 Å². The Morgan fingerprint density at radius 1 is 1.30 bits per heavy atom. The molecule has 0 fully saturated rings. The summed E-state index contributed by atoms with van der Waals surface area (Å²) in [5.41, 5.74) is 2.85. The second-order valence-corrected chi connectivity index (χ2v) is 5.88. The second kappa shape index (κ2) is 5.11. The lowest BCUT2D eigenvalue weighted by Crippen LogP contribution is -2.06. The molecule has 0 amide bonds. The SMILES string of the molecule is CC(Cl)c1nc2cc(Cl)ccc2n1Cc1ccn(C)n1. The molecule has 3 rings (SSSR count). The lowest BCUT2D eigenvalue weighted by Gasteiger charge is -2.08. The molecule has 0 bridgehead atoms.